The van der Waals surface area contributed by atoms with Gasteiger partial charge in [0.2, 0.25) is 0 Å². The zero-order chi connectivity index (χ0) is 9.97. The summed E-state index contributed by atoms with van der Waals surface area (Å²) in [5, 5.41) is 0. The van der Waals surface area contributed by atoms with Gasteiger partial charge in [0.25, 0.3) is 0 Å². The number of furan rings is 1. The Morgan fingerprint density at radius 2 is 2.36 bits per heavy atom. The van der Waals surface area contributed by atoms with Crippen LogP contribution < -0.4 is 5.73 Å². The number of hydrogen-bond acceptors (Lipinski definition) is 3. The summed E-state index contributed by atoms with van der Waals surface area (Å²) in [6.07, 6.45) is 2.06. The highest BCUT2D eigenvalue weighted by atomic mass is 16.5. The largest absolute Gasteiger partial charge is 0.463 e. The quantitative estimate of drug-likeness (QED) is 0.801. The second-order valence-corrected chi connectivity index (χ2v) is 3.73. The molecule has 1 fully saturated rings. The van der Waals surface area contributed by atoms with Gasteiger partial charge in [0.15, 0.2) is 0 Å². The van der Waals surface area contributed by atoms with E-state index in [-0.39, 0.29) is 6.10 Å². The Bertz CT molecular complexity index is 295. The minimum atomic E-state index is 0.0836. The zero-order valence-corrected chi connectivity index (χ0v) is 8.53. The van der Waals surface area contributed by atoms with Gasteiger partial charge < -0.3 is 14.9 Å². The van der Waals surface area contributed by atoms with E-state index in [4.69, 9.17) is 14.9 Å². The van der Waals surface area contributed by atoms with Crippen LogP contribution in [0.2, 0.25) is 0 Å². The number of ether oxygens (including phenoxy) is 1. The van der Waals surface area contributed by atoms with E-state index in [1.165, 1.54) is 0 Å². The molecule has 1 aliphatic heterocycles. The molecule has 1 aliphatic rings. The fourth-order valence-corrected chi connectivity index (χ4v) is 1.93. The van der Waals surface area contributed by atoms with Crippen molar-refractivity contribution in [2.24, 2.45) is 11.7 Å². The van der Waals surface area contributed by atoms with Crippen LogP contribution in [0.5, 0.6) is 0 Å². The fourth-order valence-electron chi connectivity index (χ4n) is 1.93. The van der Waals surface area contributed by atoms with Crippen molar-refractivity contribution < 1.29 is 9.15 Å². The van der Waals surface area contributed by atoms with Crippen LogP contribution in [0, 0.1) is 5.92 Å². The van der Waals surface area contributed by atoms with Gasteiger partial charge in [0, 0.05) is 18.9 Å². The first-order chi connectivity index (χ1) is 6.85. The van der Waals surface area contributed by atoms with Gasteiger partial charge in [-0.1, -0.05) is 6.92 Å². The van der Waals surface area contributed by atoms with Gasteiger partial charge >= 0.3 is 0 Å². The minimum absolute atomic E-state index is 0.0836. The molecule has 2 rings (SSSR count). The smallest absolute Gasteiger partial charge is 0.133 e. The summed E-state index contributed by atoms with van der Waals surface area (Å²) >= 11 is 0. The molecule has 2 unspecified atom stereocenters. The predicted octanol–water partition coefficient (Wildman–Crippen LogP) is 1.88. The molecule has 3 heteroatoms. The Labute approximate surface area is 84.2 Å². The normalized spacial score (nSPS) is 27.0. The lowest BCUT2D eigenvalue weighted by Gasteiger charge is -2.13. The van der Waals surface area contributed by atoms with Gasteiger partial charge in [-0.3, -0.25) is 0 Å². The van der Waals surface area contributed by atoms with Crippen LogP contribution in [0.15, 0.2) is 16.5 Å². The van der Waals surface area contributed by atoms with Gasteiger partial charge in [0.05, 0.1) is 0 Å². The van der Waals surface area contributed by atoms with E-state index in [1.807, 2.05) is 12.1 Å². The summed E-state index contributed by atoms with van der Waals surface area (Å²) in [4.78, 5) is 0. The molecule has 0 radical (unpaired) electrons. The lowest BCUT2D eigenvalue weighted by atomic mass is 10.0. The number of aryl methyl sites for hydroxylation is 1. The average Bonchev–Trinajstić information content (AvgIpc) is 2.85. The zero-order valence-electron chi connectivity index (χ0n) is 8.53. The van der Waals surface area contributed by atoms with E-state index in [0.29, 0.717) is 12.5 Å². The highest BCUT2D eigenvalue weighted by Crippen LogP contribution is 2.34. The van der Waals surface area contributed by atoms with Crippen LogP contribution in [0.3, 0.4) is 0 Å². The Hall–Kier alpha value is -0.800. The van der Waals surface area contributed by atoms with Crippen molar-refractivity contribution >= 4 is 0 Å². The second-order valence-electron chi connectivity index (χ2n) is 3.73. The van der Waals surface area contributed by atoms with Gasteiger partial charge in [-0.15, -0.1) is 0 Å². The summed E-state index contributed by atoms with van der Waals surface area (Å²) < 4.78 is 11.3. The molecule has 3 nitrogen and oxygen atoms in total. The molecule has 0 saturated carbocycles. The topological polar surface area (TPSA) is 48.4 Å². The summed E-state index contributed by atoms with van der Waals surface area (Å²) in [6, 6.07) is 4.03. The summed E-state index contributed by atoms with van der Waals surface area (Å²) in [7, 11) is 0. The lowest BCUT2D eigenvalue weighted by Crippen LogP contribution is -2.17. The first-order valence-corrected chi connectivity index (χ1v) is 5.25. The van der Waals surface area contributed by atoms with Crippen LogP contribution in [-0.2, 0) is 11.2 Å². The molecule has 1 aromatic heterocycles. The Kier molecular flexibility index (Phi) is 2.89. The third-order valence-corrected chi connectivity index (χ3v) is 2.83. The van der Waals surface area contributed by atoms with Gasteiger partial charge in [-0.2, -0.15) is 0 Å². The van der Waals surface area contributed by atoms with E-state index < -0.39 is 0 Å². The van der Waals surface area contributed by atoms with Crippen LogP contribution in [0.1, 0.15) is 31.0 Å². The van der Waals surface area contributed by atoms with Crippen molar-refractivity contribution in [1.29, 1.82) is 0 Å². The van der Waals surface area contributed by atoms with Crippen molar-refractivity contribution in [1.82, 2.24) is 0 Å². The first-order valence-electron chi connectivity index (χ1n) is 5.25. The monoisotopic (exact) mass is 195 g/mol. The Balaban J connectivity index is 2.13. The van der Waals surface area contributed by atoms with E-state index >= 15 is 0 Å². The molecular weight excluding hydrogens is 178 g/mol. The molecule has 1 aromatic rings. The molecule has 14 heavy (non-hydrogen) atoms. The molecule has 2 heterocycles. The standard InChI is InChI=1S/C11H17NO2/c1-2-9-3-4-10(14-9)11-8(7-12)5-6-13-11/h3-4,8,11H,2,5-7,12H2,1H3. The van der Waals surface area contributed by atoms with Gasteiger partial charge in [-0.25, -0.2) is 0 Å². The molecule has 1 saturated heterocycles. The van der Waals surface area contributed by atoms with Crippen molar-refractivity contribution in [3.8, 4) is 0 Å². The number of nitrogens with two attached hydrogens (primary N) is 1. The Morgan fingerprint density at radius 3 is 3.00 bits per heavy atom. The summed E-state index contributed by atoms with van der Waals surface area (Å²) in [5.74, 6) is 2.38. The molecule has 2 atom stereocenters. The fraction of sp³-hybridized carbons (Fsp3) is 0.636. The van der Waals surface area contributed by atoms with Crippen molar-refractivity contribution in [3.05, 3.63) is 23.7 Å². The highest BCUT2D eigenvalue weighted by Gasteiger charge is 2.30. The molecule has 2 N–H and O–H groups in total. The van der Waals surface area contributed by atoms with E-state index in [9.17, 15) is 0 Å². The van der Waals surface area contributed by atoms with E-state index in [0.717, 1.165) is 31.0 Å². The maximum atomic E-state index is 5.68. The predicted molar refractivity (Wildman–Crippen MR) is 53.9 cm³/mol. The third-order valence-electron chi connectivity index (χ3n) is 2.83. The molecule has 0 aliphatic carbocycles. The molecule has 0 spiro atoms. The van der Waals surface area contributed by atoms with Crippen LogP contribution >= 0.6 is 0 Å². The van der Waals surface area contributed by atoms with Crippen molar-refractivity contribution in [3.63, 3.8) is 0 Å². The van der Waals surface area contributed by atoms with Gasteiger partial charge in [-0.05, 0) is 25.1 Å². The van der Waals surface area contributed by atoms with Crippen molar-refractivity contribution in [2.75, 3.05) is 13.2 Å². The van der Waals surface area contributed by atoms with Crippen molar-refractivity contribution in [2.45, 2.75) is 25.9 Å². The van der Waals surface area contributed by atoms with E-state index in [1.54, 1.807) is 0 Å². The van der Waals surface area contributed by atoms with E-state index in [2.05, 4.69) is 6.92 Å². The minimum Gasteiger partial charge on any atom is -0.463 e. The Morgan fingerprint density at radius 1 is 1.50 bits per heavy atom. The van der Waals surface area contributed by atoms with Crippen LogP contribution in [0.25, 0.3) is 0 Å². The maximum absolute atomic E-state index is 5.68. The maximum Gasteiger partial charge on any atom is 0.133 e. The molecule has 0 aromatic carbocycles. The second kappa shape index (κ2) is 4.15. The highest BCUT2D eigenvalue weighted by molar-refractivity contribution is 5.11. The van der Waals surface area contributed by atoms with Gasteiger partial charge in [0.1, 0.15) is 17.6 Å². The summed E-state index contributed by atoms with van der Waals surface area (Å²) in [5.41, 5.74) is 5.68. The number of hydrogen-bond donors (Lipinski definition) is 1. The molecule has 78 valence electrons. The third kappa shape index (κ3) is 1.70. The number of rotatable bonds is 3. The molecule has 0 bridgehead atoms. The van der Waals surface area contributed by atoms with Crippen LogP contribution in [-0.4, -0.2) is 13.2 Å². The summed E-state index contributed by atoms with van der Waals surface area (Å²) in [6.45, 7) is 3.56. The average molecular weight is 195 g/mol. The lowest BCUT2D eigenvalue weighted by molar-refractivity contribution is 0.0730. The van der Waals surface area contributed by atoms with Crippen LogP contribution in [0.4, 0.5) is 0 Å². The molecular formula is C11H17NO2. The first kappa shape index (κ1) is 9.74. The SMILES string of the molecule is CCc1ccc(C2OCCC2CN)o1. The molecule has 0 amide bonds.